The van der Waals surface area contributed by atoms with Gasteiger partial charge < -0.3 is 20.9 Å². The van der Waals surface area contributed by atoms with Crippen molar-refractivity contribution in [1.82, 2.24) is 0 Å². The van der Waals surface area contributed by atoms with E-state index in [9.17, 15) is 0 Å². The Balaban J connectivity index is 0.00000270. The molecule has 3 aromatic carbocycles. The highest BCUT2D eigenvalue weighted by Crippen LogP contribution is 2.70. The fourth-order valence-electron chi connectivity index (χ4n) is 12.9. The minimum atomic E-state index is -0.158. The molecular weight excluding hydrogens is 697 g/mol. The highest BCUT2D eigenvalue weighted by atomic mass is 16.5. The average Bonchev–Trinajstić information content (AvgIpc) is 3.55. The summed E-state index contributed by atoms with van der Waals surface area (Å²) in [7, 11) is 0. The van der Waals surface area contributed by atoms with Gasteiger partial charge in [0.2, 0.25) is 0 Å². The van der Waals surface area contributed by atoms with Crippen molar-refractivity contribution in [2.75, 3.05) is 5.73 Å². The van der Waals surface area contributed by atoms with E-state index < -0.39 is 0 Å². The molecular formula is C53H76N2O2. The van der Waals surface area contributed by atoms with Gasteiger partial charge in [-0.25, -0.2) is 0 Å². The van der Waals surface area contributed by atoms with Gasteiger partial charge in [0.05, 0.1) is 0 Å². The summed E-state index contributed by atoms with van der Waals surface area (Å²) < 4.78 is 12.9. The molecule has 4 saturated carbocycles. The molecule has 7 rings (SSSR count). The van der Waals surface area contributed by atoms with Crippen molar-refractivity contribution < 1.29 is 9.47 Å². The normalized spacial score (nSPS) is 31.6. The molecule has 4 nitrogen and oxygen atoms in total. The van der Waals surface area contributed by atoms with E-state index in [-0.39, 0.29) is 5.41 Å². The fraction of sp³-hybridized carbons (Fsp3) is 0.585. The number of allylic oxidation sites excluding steroid dienone is 3. The number of ether oxygens (including phenoxy) is 2. The van der Waals surface area contributed by atoms with Crippen LogP contribution < -0.4 is 20.9 Å². The second kappa shape index (κ2) is 18.1. The van der Waals surface area contributed by atoms with Crippen LogP contribution in [-0.2, 0) is 5.41 Å². The first kappa shape index (κ1) is 42.9. The summed E-state index contributed by atoms with van der Waals surface area (Å²) in [5.41, 5.74) is 17.0. The fourth-order valence-corrected chi connectivity index (χ4v) is 12.9. The summed E-state index contributed by atoms with van der Waals surface area (Å²) in [6.45, 7) is 20.7. The lowest BCUT2D eigenvalue weighted by Crippen LogP contribution is -2.55. The molecule has 4 fully saturated rings. The third-order valence-electron chi connectivity index (χ3n) is 15.7. The number of nitrogens with two attached hydrogens (primary N) is 2. The molecule has 0 heterocycles. The van der Waals surface area contributed by atoms with Crippen LogP contribution >= 0.6 is 0 Å². The summed E-state index contributed by atoms with van der Waals surface area (Å²) in [4.78, 5) is 0. The Labute approximate surface area is 347 Å². The van der Waals surface area contributed by atoms with E-state index in [1.165, 1.54) is 75.3 Å². The molecule has 3 aromatic rings. The second-order valence-corrected chi connectivity index (χ2v) is 19.4. The molecule has 0 aliphatic heterocycles. The minimum Gasteiger partial charge on any atom is -0.458 e. The average molecular weight is 773 g/mol. The van der Waals surface area contributed by atoms with Gasteiger partial charge in [-0.1, -0.05) is 98.1 Å². The number of anilines is 1. The Morgan fingerprint density at radius 1 is 0.772 bits per heavy atom. The van der Waals surface area contributed by atoms with Gasteiger partial charge in [-0.2, -0.15) is 0 Å². The van der Waals surface area contributed by atoms with Gasteiger partial charge in [0.1, 0.15) is 23.0 Å². The molecule has 4 aliphatic carbocycles. The topological polar surface area (TPSA) is 70.5 Å². The molecule has 9 atom stereocenters. The second-order valence-electron chi connectivity index (χ2n) is 19.4. The van der Waals surface area contributed by atoms with Gasteiger partial charge in [-0.3, -0.25) is 0 Å². The van der Waals surface area contributed by atoms with Crippen LogP contribution in [0.1, 0.15) is 150 Å². The van der Waals surface area contributed by atoms with Gasteiger partial charge in [0.15, 0.2) is 0 Å². The van der Waals surface area contributed by atoms with E-state index in [4.69, 9.17) is 20.9 Å². The number of fused-ring (bicyclic) bond motifs is 5. The zero-order valence-corrected chi connectivity index (χ0v) is 37.1. The van der Waals surface area contributed by atoms with Crippen LogP contribution in [0.3, 0.4) is 0 Å². The lowest BCUT2D eigenvalue weighted by molar-refractivity contribution is -0.122. The number of hydrogen-bond acceptors (Lipinski definition) is 4. The van der Waals surface area contributed by atoms with Gasteiger partial charge in [-0.15, -0.1) is 0 Å². The minimum absolute atomic E-state index is 0.158. The summed E-state index contributed by atoms with van der Waals surface area (Å²) in [5.74, 6) is 9.08. The molecule has 0 aromatic heterocycles. The maximum absolute atomic E-state index is 6.47. The molecule has 310 valence electrons. The summed E-state index contributed by atoms with van der Waals surface area (Å²) in [6.07, 6.45) is 20.1. The standard InChI is InChI=1S/C51H70N2O2.C2H6/c1-8-41(29-36(5)52)54-42-18-10-15-37(30-42)51(38-16-11-19-43(31-38)55-44-20-12-17-40(53)32-44)28-27-49(6)39(33-51)21-22-45-47-24-23-46(35(4)14-9-13-34(2)3)50(47,7)26-25-48(45)49;1-2/h8,10-12,15-20,29-32,34-35,39,45-48H,9,13-14,21-28,33,52-53H2,1-7H3;1-2H3/b36-29+,41-8+;. The Hall–Kier alpha value is -3.66. The maximum Gasteiger partial charge on any atom is 0.129 e. The van der Waals surface area contributed by atoms with Crippen LogP contribution in [0.15, 0.2) is 96.4 Å². The zero-order valence-electron chi connectivity index (χ0n) is 37.1. The molecule has 57 heavy (non-hydrogen) atoms. The van der Waals surface area contributed by atoms with E-state index in [1.54, 1.807) is 0 Å². The van der Waals surface area contributed by atoms with Crippen LogP contribution in [0.5, 0.6) is 17.2 Å². The van der Waals surface area contributed by atoms with Crippen molar-refractivity contribution in [2.45, 2.75) is 145 Å². The van der Waals surface area contributed by atoms with Crippen molar-refractivity contribution >= 4 is 5.69 Å². The lowest BCUT2D eigenvalue weighted by Gasteiger charge is -2.63. The Kier molecular flexibility index (Phi) is 13.6. The van der Waals surface area contributed by atoms with Gasteiger partial charge in [0, 0.05) is 22.9 Å². The number of nitrogen functional groups attached to an aromatic ring is 1. The maximum atomic E-state index is 6.47. The van der Waals surface area contributed by atoms with Crippen LogP contribution in [-0.4, -0.2) is 0 Å². The summed E-state index contributed by atoms with van der Waals surface area (Å²) >= 11 is 0. The molecule has 0 radical (unpaired) electrons. The molecule has 0 saturated heterocycles. The molecule has 4 aliphatic rings. The van der Waals surface area contributed by atoms with Gasteiger partial charge in [-0.05, 0) is 184 Å². The smallest absolute Gasteiger partial charge is 0.129 e. The van der Waals surface area contributed by atoms with Crippen LogP contribution in [0, 0.1) is 52.3 Å². The lowest BCUT2D eigenvalue weighted by atomic mass is 9.42. The first-order valence-electron chi connectivity index (χ1n) is 22.9. The van der Waals surface area contributed by atoms with E-state index in [0.717, 1.165) is 77.1 Å². The Morgan fingerprint density at radius 2 is 1.42 bits per heavy atom. The van der Waals surface area contributed by atoms with Crippen molar-refractivity contribution in [3.05, 3.63) is 108 Å². The quantitative estimate of drug-likeness (QED) is 0.109. The van der Waals surface area contributed by atoms with Gasteiger partial charge >= 0.3 is 0 Å². The SMILES string of the molecule is C/C=C(\C=C(/C)N)Oc1cccc(C2(c3cccc(Oc4cccc(N)c4)c3)CCC3(C)C(CCC4C3CCC3(C)C(C(C)CCCC(C)C)CCC43)C2)c1.CC. The molecule has 4 heteroatoms. The van der Waals surface area contributed by atoms with E-state index in [2.05, 4.69) is 83.1 Å². The van der Waals surface area contributed by atoms with Crippen molar-refractivity contribution in [1.29, 1.82) is 0 Å². The summed E-state index contributed by atoms with van der Waals surface area (Å²) in [5, 5.41) is 0. The number of benzene rings is 3. The van der Waals surface area contributed by atoms with Crippen LogP contribution in [0.4, 0.5) is 5.69 Å². The zero-order chi connectivity index (χ0) is 41.0. The van der Waals surface area contributed by atoms with Crippen molar-refractivity contribution in [3.8, 4) is 17.2 Å². The van der Waals surface area contributed by atoms with E-state index in [1.807, 2.05) is 64.1 Å². The molecule has 0 amide bonds. The highest BCUT2D eigenvalue weighted by Gasteiger charge is 2.62. The van der Waals surface area contributed by atoms with E-state index >= 15 is 0 Å². The molecule has 0 bridgehead atoms. The highest BCUT2D eigenvalue weighted by molar-refractivity contribution is 5.49. The van der Waals surface area contributed by atoms with Crippen LogP contribution in [0.25, 0.3) is 0 Å². The first-order valence-corrected chi connectivity index (χ1v) is 22.9. The first-order chi connectivity index (χ1) is 27.3. The van der Waals surface area contributed by atoms with Gasteiger partial charge in [0.25, 0.3) is 0 Å². The van der Waals surface area contributed by atoms with E-state index in [0.29, 0.717) is 22.4 Å². The molecule has 9 unspecified atom stereocenters. The predicted octanol–water partition coefficient (Wildman–Crippen LogP) is 14.6. The monoisotopic (exact) mass is 773 g/mol. The number of rotatable bonds is 12. The van der Waals surface area contributed by atoms with Crippen LogP contribution in [0.2, 0.25) is 0 Å². The third-order valence-corrected chi connectivity index (χ3v) is 15.7. The Bertz CT molecular complexity index is 1860. The Morgan fingerprint density at radius 3 is 2.09 bits per heavy atom. The number of hydrogen-bond donors (Lipinski definition) is 2. The van der Waals surface area contributed by atoms with Crippen molar-refractivity contribution in [2.24, 2.45) is 58.0 Å². The van der Waals surface area contributed by atoms with Crippen molar-refractivity contribution in [3.63, 3.8) is 0 Å². The molecule has 0 spiro atoms. The predicted molar refractivity (Wildman–Crippen MR) is 241 cm³/mol. The third kappa shape index (κ3) is 8.86. The molecule has 4 N–H and O–H groups in total. The largest absolute Gasteiger partial charge is 0.458 e. The summed E-state index contributed by atoms with van der Waals surface area (Å²) in [6, 6.07) is 25.6.